The fraction of sp³-hybridized carbons (Fsp3) is 1.00. The second kappa shape index (κ2) is 33.9. The van der Waals surface area contributed by atoms with Gasteiger partial charge < -0.3 is 24.3 Å². The topological polar surface area (TPSA) is 104 Å². The maximum Gasteiger partial charge on any atom is 0.472 e. The second-order valence-corrected chi connectivity index (χ2v) is 20.9. The molecular weight excluding hydrogens is 697 g/mol. The zero-order valence-corrected chi connectivity index (χ0v) is 39.0. The number of ether oxygens (including phenoxy) is 2. The van der Waals surface area contributed by atoms with Crippen molar-refractivity contribution < 1.29 is 37.9 Å². The predicted molar refractivity (Wildman–Crippen MR) is 230 cm³/mol. The summed E-state index contributed by atoms with van der Waals surface area (Å²) in [5.41, 5.74) is 0. The van der Waals surface area contributed by atoms with Crippen molar-refractivity contribution >= 4 is 7.82 Å². The molecule has 328 valence electrons. The number of phosphoric ester groups is 1. The molecule has 54 heavy (non-hydrogen) atoms. The number of rotatable bonds is 38. The molecule has 5 unspecified atom stereocenters. The van der Waals surface area contributed by atoms with Crippen LogP contribution >= 0.6 is 7.82 Å². The van der Waals surface area contributed by atoms with E-state index in [0.29, 0.717) is 31.7 Å². The van der Waals surface area contributed by atoms with E-state index in [4.69, 9.17) is 18.5 Å². The van der Waals surface area contributed by atoms with E-state index >= 15 is 0 Å². The van der Waals surface area contributed by atoms with E-state index in [1.807, 2.05) is 0 Å². The molecule has 0 saturated carbocycles. The van der Waals surface area contributed by atoms with Gasteiger partial charge in [0.15, 0.2) is 0 Å². The molecule has 0 aromatic rings. The first-order valence-electron chi connectivity index (χ1n) is 22.5. The summed E-state index contributed by atoms with van der Waals surface area (Å²) < 4.78 is 36.6. The zero-order chi connectivity index (χ0) is 40.1. The Kier molecular flexibility index (Phi) is 35.2. The molecule has 0 aromatic heterocycles. The van der Waals surface area contributed by atoms with E-state index in [-0.39, 0.29) is 18.7 Å². The largest absolute Gasteiger partial charge is 0.870 e. The first kappa shape index (κ1) is 56.0. The average molecular weight is 794 g/mol. The van der Waals surface area contributed by atoms with Crippen LogP contribution in [0.1, 0.15) is 184 Å². The van der Waals surface area contributed by atoms with Crippen LogP contribution in [0.2, 0.25) is 0 Å². The van der Waals surface area contributed by atoms with Gasteiger partial charge in [-0.05, 0) is 67.1 Å². The van der Waals surface area contributed by atoms with Crippen molar-refractivity contribution in [2.45, 2.75) is 190 Å². The van der Waals surface area contributed by atoms with Gasteiger partial charge in [0.1, 0.15) is 6.10 Å². The molecule has 0 heterocycles. The minimum atomic E-state index is -4.15. The lowest BCUT2D eigenvalue weighted by Gasteiger charge is -2.24. The van der Waals surface area contributed by atoms with Crippen molar-refractivity contribution in [3.05, 3.63) is 0 Å². The van der Waals surface area contributed by atoms with Crippen LogP contribution in [0.5, 0.6) is 0 Å². The lowest BCUT2D eigenvalue weighted by atomic mass is 9.91. The Morgan fingerprint density at radius 1 is 0.481 bits per heavy atom. The second-order valence-electron chi connectivity index (χ2n) is 19.4. The van der Waals surface area contributed by atoms with Gasteiger partial charge in [-0.15, -0.1) is 0 Å². The van der Waals surface area contributed by atoms with Gasteiger partial charge in [-0.25, -0.2) is 4.57 Å². The van der Waals surface area contributed by atoms with Gasteiger partial charge in [-0.2, -0.15) is 0 Å². The molecule has 0 amide bonds. The van der Waals surface area contributed by atoms with Gasteiger partial charge in [-0.1, -0.05) is 159 Å². The summed E-state index contributed by atoms with van der Waals surface area (Å²) in [5, 5.41) is 0. The molecular formula is C45H96NO7P. The van der Waals surface area contributed by atoms with E-state index in [2.05, 4.69) is 83.5 Å². The Morgan fingerprint density at radius 2 is 0.870 bits per heavy atom. The van der Waals surface area contributed by atoms with Gasteiger partial charge in [0.2, 0.25) is 0 Å². The number of quaternary nitrogens is 1. The average Bonchev–Trinajstić information content (AvgIpc) is 3.04. The smallest absolute Gasteiger partial charge is 0.472 e. The molecule has 0 aliphatic rings. The molecule has 7 atom stereocenters. The van der Waals surface area contributed by atoms with Crippen molar-refractivity contribution in [3.63, 3.8) is 0 Å². The Labute approximate surface area is 337 Å². The van der Waals surface area contributed by atoms with Crippen LogP contribution in [0.15, 0.2) is 0 Å². The minimum Gasteiger partial charge on any atom is -0.870 e. The normalized spacial score (nSPS) is 16.9. The monoisotopic (exact) mass is 794 g/mol. The number of phosphoric acid groups is 1. The number of hydrogen-bond acceptors (Lipinski definition) is 6. The zero-order valence-electron chi connectivity index (χ0n) is 38.1. The third-order valence-electron chi connectivity index (χ3n) is 11.1. The number of unbranched alkanes of at least 4 members (excludes halogenated alkanes) is 1. The highest BCUT2D eigenvalue weighted by Crippen LogP contribution is 2.43. The summed E-state index contributed by atoms with van der Waals surface area (Å²) in [7, 11) is 2.27. The molecule has 8 nitrogen and oxygen atoms in total. The fourth-order valence-corrected chi connectivity index (χ4v) is 7.87. The van der Waals surface area contributed by atoms with Gasteiger partial charge >= 0.3 is 7.82 Å². The molecule has 0 aliphatic carbocycles. The first-order chi connectivity index (χ1) is 24.9. The van der Waals surface area contributed by atoms with E-state index in [0.717, 1.165) is 66.3 Å². The summed E-state index contributed by atoms with van der Waals surface area (Å²) in [5.74, 6) is 5.28. The Bertz CT molecular complexity index is 867. The van der Waals surface area contributed by atoms with E-state index < -0.39 is 13.9 Å². The molecule has 0 spiro atoms. The first-order valence-corrected chi connectivity index (χ1v) is 24.0. The molecule has 0 saturated heterocycles. The van der Waals surface area contributed by atoms with Gasteiger partial charge in [-0.3, -0.25) is 9.05 Å². The summed E-state index contributed by atoms with van der Waals surface area (Å²) in [6, 6.07) is 0. The molecule has 0 aromatic carbocycles. The van der Waals surface area contributed by atoms with Crippen LogP contribution in [0.3, 0.4) is 0 Å². The predicted octanol–water partition coefficient (Wildman–Crippen LogP) is 13.0. The molecule has 0 fully saturated rings. The standard InChI is InChI=1S/C45H94NO6P.H2O/c1-38(2)20-15-22-40(5)24-17-25-42(7)27-19-29-44(9)31-35-50-45(37-52-53(47,48)51-33-14-13-32-46(10,11)12)36-49-34-30-43(8)28-18-26-41(6)23-16-21-39(3)4;/h38-45H,13-37H2,1-12H3;1H2/t40-,41?,42-,43?,44?,45?;/m1./s1. The lowest BCUT2D eigenvalue weighted by molar-refractivity contribution is -0.870. The van der Waals surface area contributed by atoms with Crippen LogP contribution in [-0.2, 0) is 23.1 Å². The SMILES string of the molecule is CC(C)CCCC(C)CCCC(C)CCOCC(COP(=O)(O)OCCCC[N+](C)(C)C)OCCC(C)CCC[C@H](C)CCC[C@H](C)CCCC(C)C.[OH-]. The molecule has 0 aliphatic heterocycles. The highest BCUT2D eigenvalue weighted by atomic mass is 31.2. The van der Waals surface area contributed by atoms with Crippen molar-refractivity contribution in [2.24, 2.45) is 41.4 Å². The van der Waals surface area contributed by atoms with Crippen LogP contribution in [0.4, 0.5) is 0 Å². The molecule has 0 radical (unpaired) electrons. The quantitative estimate of drug-likeness (QED) is 0.0377. The molecule has 0 rings (SSSR count). The van der Waals surface area contributed by atoms with Gasteiger partial charge in [0.25, 0.3) is 0 Å². The number of nitrogens with zero attached hydrogens (tertiary/aromatic N) is 1. The highest BCUT2D eigenvalue weighted by Gasteiger charge is 2.24. The summed E-state index contributed by atoms with van der Waals surface area (Å²) in [4.78, 5) is 10.4. The third kappa shape index (κ3) is 38.8. The van der Waals surface area contributed by atoms with Crippen molar-refractivity contribution in [1.29, 1.82) is 0 Å². The van der Waals surface area contributed by atoms with E-state index in [1.54, 1.807) is 0 Å². The molecule has 9 heteroatoms. The van der Waals surface area contributed by atoms with Gasteiger partial charge in [0.05, 0.1) is 47.5 Å². The summed E-state index contributed by atoms with van der Waals surface area (Å²) in [6.45, 7) is 24.0. The molecule has 2 N–H and O–H groups in total. The van der Waals surface area contributed by atoms with Crippen molar-refractivity contribution in [2.75, 3.05) is 60.7 Å². The van der Waals surface area contributed by atoms with Crippen LogP contribution in [-0.4, -0.2) is 81.7 Å². The summed E-state index contributed by atoms with van der Waals surface area (Å²) in [6.07, 6.45) is 23.0. The maximum absolute atomic E-state index is 12.7. The van der Waals surface area contributed by atoms with Crippen molar-refractivity contribution in [3.8, 4) is 0 Å². The van der Waals surface area contributed by atoms with Gasteiger partial charge in [0, 0.05) is 13.2 Å². The lowest BCUT2D eigenvalue weighted by Crippen LogP contribution is -2.35. The fourth-order valence-electron chi connectivity index (χ4n) is 7.08. The van der Waals surface area contributed by atoms with Crippen LogP contribution < -0.4 is 0 Å². The minimum absolute atomic E-state index is 0. The Morgan fingerprint density at radius 3 is 1.28 bits per heavy atom. The van der Waals surface area contributed by atoms with Crippen LogP contribution in [0.25, 0.3) is 0 Å². The maximum atomic E-state index is 12.7. The van der Waals surface area contributed by atoms with Crippen molar-refractivity contribution in [1.82, 2.24) is 0 Å². The number of hydrogen-bond donors (Lipinski definition) is 1. The Hall–Kier alpha value is -0.0500. The van der Waals surface area contributed by atoms with Crippen LogP contribution in [0, 0.1) is 41.4 Å². The van der Waals surface area contributed by atoms with E-state index in [1.165, 1.54) is 96.3 Å². The highest BCUT2D eigenvalue weighted by molar-refractivity contribution is 7.47. The molecule has 0 bridgehead atoms. The van der Waals surface area contributed by atoms with E-state index in [9.17, 15) is 9.46 Å². The summed E-state index contributed by atoms with van der Waals surface area (Å²) >= 11 is 0. The Balaban J connectivity index is 0. The third-order valence-corrected chi connectivity index (χ3v) is 12.0.